The maximum Gasteiger partial charge on any atom is 0.133 e. The fourth-order valence-corrected chi connectivity index (χ4v) is 3.58. The summed E-state index contributed by atoms with van der Waals surface area (Å²) < 4.78 is 25.0. The summed E-state index contributed by atoms with van der Waals surface area (Å²) in [5, 5.41) is 0. The van der Waals surface area contributed by atoms with Gasteiger partial charge < -0.3 is 14.4 Å². The summed E-state index contributed by atoms with van der Waals surface area (Å²) in [4.78, 5) is 11.3. The second-order valence-electron chi connectivity index (χ2n) is 8.73. The van der Waals surface area contributed by atoms with Gasteiger partial charge in [-0.3, -0.25) is 4.98 Å². The zero-order chi connectivity index (χ0) is 21.8. The second-order valence-corrected chi connectivity index (χ2v) is 8.73. The van der Waals surface area contributed by atoms with Crippen LogP contribution in [0.25, 0.3) is 11.1 Å². The summed E-state index contributed by atoms with van der Waals surface area (Å²) in [6.07, 6.45) is 7.55. The first-order chi connectivity index (χ1) is 14.9. The van der Waals surface area contributed by atoms with Gasteiger partial charge in [-0.2, -0.15) is 0 Å². The predicted molar refractivity (Wildman–Crippen MR) is 120 cm³/mol. The molecule has 0 N–H and O–H groups in total. The van der Waals surface area contributed by atoms with Gasteiger partial charge in [-0.05, 0) is 75.6 Å². The molecule has 162 valence electrons. The van der Waals surface area contributed by atoms with Crippen molar-refractivity contribution in [3.8, 4) is 16.9 Å². The molecule has 3 heterocycles. The molecule has 1 aliphatic rings. The molecule has 0 radical (unpaired) electrons. The minimum Gasteiger partial charge on any atom is -0.489 e. The number of fused-ring (bicyclic) bond motifs is 1. The first-order valence-corrected chi connectivity index (χ1v) is 10.6. The van der Waals surface area contributed by atoms with Crippen molar-refractivity contribution in [3.05, 3.63) is 71.9 Å². The molecule has 0 atom stereocenters. The summed E-state index contributed by atoms with van der Waals surface area (Å²) in [5.74, 6) is 1.34. The lowest BCUT2D eigenvalue weighted by molar-refractivity contribution is -0.00296. The van der Waals surface area contributed by atoms with Crippen molar-refractivity contribution in [2.45, 2.75) is 45.8 Å². The van der Waals surface area contributed by atoms with E-state index < -0.39 is 0 Å². The first-order valence-electron chi connectivity index (χ1n) is 10.6. The van der Waals surface area contributed by atoms with E-state index in [-0.39, 0.29) is 11.4 Å². The van der Waals surface area contributed by atoms with Gasteiger partial charge >= 0.3 is 0 Å². The Bertz CT molecular complexity index is 1030. The van der Waals surface area contributed by atoms with Gasteiger partial charge in [0.05, 0.1) is 5.60 Å². The zero-order valence-electron chi connectivity index (χ0n) is 18.3. The number of nitrogens with zero attached hydrogens (tertiary/aromatic N) is 3. The van der Waals surface area contributed by atoms with Gasteiger partial charge in [-0.25, -0.2) is 9.37 Å². The Morgan fingerprint density at radius 3 is 2.68 bits per heavy atom. The van der Waals surface area contributed by atoms with E-state index >= 15 is 0 Å². The third-order valence-electron chi connectivity index (χ3n) is 5.20. The molecule has 2 aromatic heterocycles. The van der Waals surface area contributed by atoms with Crippen molar-refractivity contribution >= 4 is 5.82 Å². The largest absolute Gasteiger partial charge is 0.489 e. The number of benzene rings is 1. The molecule has 0 bridgehead atoms. The van der Waals surface area contributed by atoms with E-state index in [0.29, 0.717) is 19.1 Å². The molecule has 5 nitrogen and oxygen atoms in total. The topological polar surface area (TPSA) is 47.5 Å². The molecule has 0 fully saturated rings. The number of hydrogen-bond donors (Lipinski definition) is 0. The van der Waals surface area contributed by atoms with E-state index in [1.807, 2.05) is 18.5 Å². The monoisotopic (exact) mass is 421 g/mol. The minimum absolute atomic E-state index is 0.188. The van der Waals surface area contributed by atoms with Crippen molar-refractivity contribution in [1.29, 1.82) is 0 Å². The molecule has 1 aromatic carbocycles. The number of pyridine rings is 2. The van der Waals surface area contributed by atoms with Crippen LogP contribution in [0.2, 0.25) is 0 Å². The Kier molecular flexibility index (Phi) is 6.18. The molecule has 0 saturated heterocycles. The van der Waals surface area contributed by atoms with E-state index in [1.165, 1.54) is 17.7 Å². The van der Waals surface area contributed by atoms with E-state index in [1.54, 1.807) is 18.3 Å². The Morgan fingerprint density at radius 1 is 1.10 bits per heavy atom. The molecule has 4 rings (SSSR count). The Balaban J connectivity index is 1.54. The first kappa shape index (κ1) is 21.2. The van der Waals surface area contributed by atoms with Crippen LogP contribution < -0.4 is 9.64 Å². The number of rotatable bonds is 6. The second kappa shape index (κ2) is 9.02. The number of anilines is 1. The van der Waals surface area contributed by atoms with E-state index in [4.69, 9.17) is 14.5 Å². The van der Waals surface area contributed by atoms with Gasteiger partial charge in [0.15, 0.2) is 0 Å². The molecule has 6 heteroatoms. The van der Waals surface area contributed by atoms with E-state index in [0.717, 1.165) is 41.9 Å². The van der Waals surface area contributed by atoms with Crippen molar-refractivity contribution in [2.75, 3.05) is 18.2 Å². The highest BCUT2D eigenvalue weighted by Crippen LogP contribution is 2.31. The highest BCUT2D eigenvalue weighted by atomic mass is 19.1. The molecule has 1 aliphatic heterocycles. The quantitative estimate of drug-likeness (QED) is 0.534. The van der Waals surface area contributed by atoms with Crippen LogP contribution >= 0.6 is 0 Å². The van der Waals surface area contributed by atoms with Crippen LogP contribution in [0.3, 0.4) is 0 Å². The van der Waals surface area contributed by atoms with E-state index in [9.17, 15) is 4.39 Å². The fourth-order valence-electron chi connectivity index (χ4n) is 3.58. The highest BCUT2D eigenvalue weighted by Gasteiger charge is 2.21. The van der Waals surface area contributed by atoms with Crippen molar-refractivity contribution < 1.29 is 13.9 Å². The van der Waals surface area contributed by atoms with Crippen LogP contribution in [-0.4, -0.2) is 28.8 Å². The standard InChI is InChI=1S/C25H28FN3O2/c1-25(2,3)31-17-29-12-4-5-18-13-20(14-28-24(18)29)23-15-27-11-10-19(23)16-30-22-8-6-21(26)7-9-22/h6-11,13-15H,4-5,12,16-17H2,1-3H3. The Labute approximate surface area is 182 Å². The SMILES string of the molecule is CC(C)(C)OCN1CCCc2cc(-c3cnccc3COc3ccc(F)cc3)cnc21. The molecule has 3 aromatic rings. The molecule has 0 amide bonds. The minimum atomic E-state index is -0.279. The van der Waals surface area contributed by atoms with Gasteiger partial charge in [0.2, 0.25) is 0 Å². The average molecular weight is 422 g/mol. The van der Waals surface area contributed by atoms with Gasteiger partial charge in [-0.15, -0.1) is 0 Å². The van der Waals surface area contributed by atoms with Crippen LogP contribution in [0.15, 0.2) is 55.0 Å². The molecule has 31 heavy (non-hydrogen) atoms. The third kappa shape index (κ3) is 5.39. The lowest BCUT2D eigenvalue weighted by Crippen LogP contribution is -2.36. The van der Waals surface area contributed by atoms with Crippen LogP contribution in [0.5, 0.6) is 5.75 Å². The molecular formula is C25H28FN3O2. The Hall–Kier alpha value is -2.99. The number of ether oxygens (including phenoxy) is 2. The predicted octanol–water partition coefficient (Wildman–Crippen LogP) is 5.39. The van der Waals surface area contributed by atoms with Crippen LogP contribution in [0, 0.1) is 5.82 Å². The number of halogens is 1. The molecular weight excluding hydrogens is 393 g/mol. The van der Waals surface area contributed by atoms with Gasteiger partial charge in [-0.1, -0.05) is 0 Å². The van der Waals surface area contributed by atoms with Crippen LogP contribution in [0.4, 0.5) is 10.2 Å². The summed E-state index contributed by atoms with van der Waals surface area (Å²) in [6, 6.07) is 10.2. The fraction of sp³-hybridized carbons (Fsp3) is 0.360. The number of hydrogen-bond acceptors (Lipinski definition) is 5. The van der Waals surface area contributed by atoms with Crippen molar-refractivity contribution in [1.82, 2.24) is 9.97 Å². The normalized spacial score (nSPS) is 13.7. The zero-order valence-corrected chi connectivity index (χ0v) is 18.3. The molecule has 0 spiro atoms. The summed E-state index contributed by atoms with van der Waals surface area (Å²) >= 11 is 0. The lowest BCUT2D eigenvalue weighted by Gasteiger charge is -2.32. The van der Waals surface area contributed by atoms with Gasteiger partial charge in [0.1, 0.15) is 30.7 Å². The Morgan fingerprint density at radius 2 is 1.90 bits per heavy atom. The third-order valence-corrected chi connectivity index (χ3v) is 5.20. The smallest absolute Gasteiger partial charge is 0.133 e. The molecule has 0 unspecified atom stereocenters. The highest BCUT2D eigenvalue weighted by molar-refractivity contribution is 5.68. The summed E-state index contributed by atoms with van der Waals surface area (Å²) in [6.45, 7) is 8.03. The molecule has 0 aliphatic carbocycles. The summed E-state index contributed by atoms with van der Waals surface area (Å²) in [5.41, 5.74) is 4.04. The van der Waals surface area contributed by atoms with Crippen LogP contribution in [-0.2, 0) is 17.8 Å². The number of aryl methyl sites for hydroxylation is 1. The maximum absolute atomic E-state index is 13.1. The average Bonchev–Trinajstić information content (AvgIpc) is 2.76. The van der Waals surface area contributed by atoms with Crippen LogP contribution in [0.1, 0.15) is 38.3 Å². The van der Waals surface area contributed by atoms with Crippen molar-refractivity contribution in [2.24, 2.45) is 0 Å². The lowest BCUT2D eigenvalue weighted by atomic mass is 9.99. The molecule has 0 saturated carbocycles. The maximum atomic E-state index is 13.1. The van der Waals surface area contributed by atoms with Crippen molar-refractivity contribution in [3.63, 3.8) is 0 Å². The van der Waals surface area contributed by atoms with Gasteiger partial charge in [0, 0.05) is 41.8 Å². The van der Waals surface area contributed by atoms with E-state index in [2.05, 4.69) is 36.7 Å². The van der Waals surface area contributed by atoms with Gasteiger partial charge in [0.25, 0.3) is 0 Å². The summed E-state index contributed by atoms with van der Waals surface area (Å²) in [7, 11) is 0. The number of aromatic nitrogens is 2.